The normalized spacial score (nSPS) is 11.4. The van der Waals surface area contributed by atoms with Gasteiger partial charge in [0.25, 0.3) is 0 Å². The lowest BCUT2D eigenvalue weighted by molar-refractivity contribution is 0.229. The summed E-state index contributed by atoms with van der Waals surface area (Å²) in [6.45, 7) is 2.22. The molecule has 0 unspecified atom stereocenters. The van der Waals surface area contributed by atoms with Gasteiger partial charge in [-0.15, -0.1) is 0 Å². The standard InChI is InChI=1S/C29H25NO3P/c1-2-32-29-30-27-22(13-12-20-26(27)28(31)33-29)21-34(23-14-6-3-7-15-23,24-16-8-4-9-17-24)25-18-10-5-11-19-25/h3-20H,2,21H2,1H3/q+1. The van der Waals surface area contributed by atoms with Crippen LogP contribution in [0.15, 0.2) is 118 Å². The molecule has 0 saturated carbocycles. The minimum Gasteiger partial charge on any atom is -0.450 e. The average molecular weight is 466 g/mol. The highest BCUT2D eigenvalue weighted by Crippen LogP contribution is 2.58. The number of hydrogen-bond donors (Lipinski definition) is 0. The molecule has 0 aliphatic carbocycles. The molecule has 5 rings (SSSR count). The highest BCUT2D eigenvalue weighted by atomic mass is 31.2. The van der Waals surface area contributed by atoms with Crippen molar-refractivity contribution in [3.05, 3.63) is 125 Å². The Balaban J connectivity index is 1.81. The van der Waals surface area contributed by atoms with Crippen molar-refractivity contribution in [2.24, 2.45) is 0 Å². The van der Waals surface area contributed by atoms with E-state index in [-0.39, 0.29) is 6.08 Å². The lowest BCUT2D eigenvalue weighted by Crippen LogP contribution is -2.32. The number of ether oxygens (including phenoxy) is 1. The molecule has 0 aliphatic heterocycles. The van der Waals surface area contributed by atoms with Crippen LogP contribution in [0, 0.1) is 0 Å². The zero-order valence-electron chi connectivity index (χ0n) is 18.9. The molecule has 1 heterocycles. The SMILES string of the molecule is CCOc1nc2c(C[P+](c3ccccc3)(c3ccccc3)c3ccccc3)cccc2c(=O)o1. The summed E-state index contributed by atoms with van der Waals surface area (Å²) in [6.07, 6.45) is 0.722. The van der Waals surface area contributed by atoms with Gasteiger partial charge in [0.2, 0.25) is 0 Å². The number of benzene rings is 4. The minimum atomic E-state index is -2.14. The van der Waals surface area contributed by atoms with E-state index >= 15 is 0 Å². The Labute approximate surface area is 199 Å². The van der Waals surface area contributed by atoms with Crippen molar-refractivity contribution in [1.82, 2.24) is 4.98 Å². The fourth-order valence-corrected chi connectivity index (χ4v) is 8.72. The lowest BCUT2D eigenvalue weighted by atomic mass is 10.1. The monoisotopic (exact) mass is 466 g/mol. The second-order valence-corrected chi connectivity index (χ2v) is 11.5. The first-order valence-corrected chi connectivity index (χ1v) is 13.3. The van der Waals surface area contributed by atoms with Gasteiger partial charge in [-0.3, -0.25) is 0 Å². The highest BCUT2D eigenvalue weighted by Gasteiger charge is 2.45. The molecule has 0 amide bonds. The molecule has 0 atom stereocenters. The van der Waals surface area contributed by atoms with Gasteiger partial charge in [-0.2, -0.15) is 4.98 Å². The first kappa shape index (κ1) is 22.1. The number of aromatic nitrogens is 1. The first-order chi connectivity index (χ1) is 16.7. The quantitative estimate of drug-likeness (QED) is 0.314. The van der Waals surface area contributed by atoms with Gasteiger partial charge < -0.3 is 9.15 Å². The minimum absolute atomic E-state index is 0.00974. The molecule has 5 heteroatoms. The molecule has 4 nitrogen and oxygen atoms in total. The van der Waals surface area contributed by atoms with Crippen molar-refractivity contribution in [1.29, 1.82) is 0 Å². The third kappa shape index (κ3) is 4.02. The summed E-state index contributed by atoms with van der Waals surface area (Å²) in [7, 11) is -2.14. The molecule has 0 aliphatic rings. The van der Waals surface area contributed by atoms with Crippen LogP contribution in [0.4, 0.5) is 0 Å². The summed E-state index contributed by atoms with van der Waals surface area (Å²) in [6, 6.07) is 37.7. The maximum atomic E-state index is 12.7. The number of para-hydroxylation sites is 1. The van der Waals surface area contributed by atoms with E-state index in [1.807, 2.05) is 31.2 Å². The van der Waals surface area contributed by atoms with E-state index in [0.29, 0.717) is 23.7 Å². The molecule has 0 spiro atoms. The van der Waals surface area contributed by atoms with Gasteiger partial charge in [-0.05, 0) is 49.4 Å². The summed E-state index contributed by atoms with van der Waals surface area (Å²) in [5.74, 6) is 0. The summed E-state index contributed by atoms with van der Waals surface area (Å²) in [4.78, 5) is 17.3. The van der Waals surface area contributed by atoms with Gasteiger partial charge >= 0.3 is 11.7 Å². The van der Waals surface area contributed by atoms with Crippen molar-refractivity contribution in [2.75, 3.05) is 6.61 Å². The molecule has 0 radical (unpaired) electrons. The van der Waals surface area contributed by atoms with E-state index in [9.17, 15) is 4.79 Å². The van der Waals surface area contributed by atoms with Crippen LogP contribution >= 0.6 is 7.26 Å². The third-order valence-corrected chi connectivity index (χ3v) is 10.3. The Hall–Kier alpha value is -3.75. The van der Waals surface area contributed by atoms with Gasteiger partial charge in [0.15, 0.2) is 0 Å². The number of hydrogen-bond acceptors (Lipinski definition) is 4. The van der Waals surface area contributed by atoms with Crippen LogP contribution in [0.2, 0.25) is 0 Å². The van der Waals surface area contributed by atoms with Crippen molar-refractivity contribution >= 4 is 34.1 Å². The maximum Gasteiger partial charge on any atom is 0.397 e. The Bertz CT molecular complexity index is 1350. The molecule has 0 N–H and O–H groups in total. The summed E-state index contributed by atoms with van der Waals surface area (Å²) >= 11 is 0. The van der Waals surface area contributed by atoms with E-state index in [1.54, 1.807) is 6.07 Å². The molecule has 0 bridgehead atoms. The van der Waals surface area contributed by atoms with Gasteiger partial charge in [0.1, 0.15) is 29.3 Å². The Morgan fingerprint density at radius 2 is 1.26 bits per heavy atom. The van der Waals surface area contributed by atoms with Crippen molar-refractivity contribution in [2.45, 2.75) is 13.1 Å². The van der Waals surface area contributed by atoms with Crippen molar-refractivity contribution in [3.8, 4) is 6.08 Å². The van der Waals surface area contributed by atoms with Crippen LogP contribution in [0.1, 0.15) is 12.5 Å². The predicted octanol–water partition coefficient (Wildman–Crippen LogP) is 5.08. The van der Waals surface area contributed by atoms with Gasteiger partial charge in [-0.1, -0.05) is 66.7 Å². The predicted molar refractivity (Wildman–Crippen MR) is 140 cm³/mol. The van der Waals surface area contributed by atoms with Crippen LogP contribution < -0.4 is 26.3 Å². The smallest absolute Gasteiger partial charge is 0.397 e. The van der Waals surface area contributed by atoms with Crippen LogP contribution in [-0.4, -0.2) is 11.6 Å². The first-order valence-electron chi connectivity index (χ1n) is 11.3. The van der Waals surface area contributed by atoms with E-state index in [2.05, 4.69) is 83.8 Å². The fraction of sp³-hybridized carbons (Fsp3) is 0.103. The molecular formula is C29H25NO3P+. The van der Waals surface area contributed by atoms with E-state index in [1.165, 1.54) is 15.9 Å². The molecule has 0 fully saturated rings. The molecule has 0 saturated heterocycles. The number of nitrogens with zero attached hydrogens (tertiary/aromatic N) is 1. The van der Waals surface area contributed by atoms with Crippen LogP contribution in [0.25, 0.3) is 10.9 Å². The van der Waals surface area contributed by atoms with Gasteiger partial charge in [0.05, 0.1) is 17.5 Å². The summed E-state index contributed by atoms with van der Waals surface area (Å²) < 4.78 is 10.8. The Morgan fingerprint density at radius 3 is 1.76 bits per heavy atom. The maximum absolute atomic E-state index is 12.7. The second-order valence-electron chi connectivity index (χ2n) is 7.99. The summed E-state index contributed by atoms with van der Waals surface area (Å²) in [5.41, 5.74) is 1.20. The molecular weight excluding hydrogens is 441 g/mol. The topological polar surface area (TPSA) is 52.3 Å². The van der Waals surface area contributed by atoms with Crippen LogP contribution in [-0.2, 0) is 6.16 Å². The zero-order chi connectivity index (χ0) is 23.4. The lowest BCUT2D eigenvalue weighted by Gasteiger charge is -2.28. The number of fused-ring (bicyclic) bond motifs is 1. The van der Waals surface area contributed by atoms with Crippen LogP contribution in [0.3, 0.4) is 0 Å². The van der Waals surface area contributed by atoms with Crippen molar-refractivity contribution in [3.63, 3.8) is 0 Å². The second kappa shape index (κ2) is 9.62. The highest BCUT2D eigenvalue weighted by molar-refractivity contribution is 7.95. The largest absolute Gasteiger partial charge is 0.450 e. The number of rotatable bonds is 7. The van der Waals surface area contributed by atoms with E-state index in [4.69, 9.17) is 9.15 Å². The molecule has 4 aromatic carbocycles. The average Bonchev–Trinajstić information content (AvgIpc) is 2.89. The Morgan fingerprint density at radius 1 is 0.735 bits per heavy atom. The zero-order valence-corrected chi connectivity index (χ0v) is 19.8. The van der Waals surface area contributed by atoms with Gasteiger partial charge in [-0.25, -0.2) is 4.79 Å². The van der Waals surface area contributed by atoms with Crippen LogP contribution in [0.5, 0.6) is 6.08 Å². The fourth-order valence-electron chi connectivity index (χ4n) is 4.47. The third-order valence-electron chi connectivity index (χ3n) is 5.99. The molecule has 5 aromatic rings. The van der Waals surface area contributed by atoms with E-state index in [0.717, 1.165) is 5.56 Å². The molecule has 1 aromatic heterocycles. The Kier molecular flexibility index (Phi) is 6.24. The van der Waals surface area contributed by atoms with Gasteiger partial charge in [0, 0.05) is 5.56 Å². The van der Waals surface area contributed by atoms with Crippen molar-refractivity contribution < 1.29 is 9.15 Å². The summed E-state index contributed by atoms with van der Waals surface area (Å²) in [5, 5.41) is 4.29. The van der Waals surface area contributed by atoms with E-state index < -0.39 is 12.9 Å². The molecule has 168 valence electrons. The molecule has 34 heavy (non-hydrogen) atoms.